The van der Waals surface area contributed by atoms with Gasteiger partial charge in [0.15, 0.2) is 6.10 Å². The maximum absolute atomic E-state index is 12.3. The van der Waals surface area contributed by atoms with Crippen LogP contribution in [0, 0.1) is 0 Å². The molecule has 2 rings (SSSR count). The van der Waals surface area contributed by atoms with Crippen LogP contribution in [-0.4, -0.2) is 20.8 Å². The Morgan fingerprint density at radius 2 is 2.11 bits per heavy atom. The molecule has 19 heavy (non-hydrogen) atoms. The van der Waals surface area contributed by atoms with E-state index in [0.29, 0.717) is 13.0 Å². The zero-order valence-electron chi connectivity index (χ0n) is 10.0. The van der Waals surface area contributed by atoms with Gasteiger partial charge in [-0.3, -0.25) is 4.98 Å². The van der Waals surface area contributed by atoms with Crippen molar-refractivity contribution in [3.8, 4) is 0 Å². The summed E-state index contributed by atoms with van der Waals surface area (Å²) in [6.07, 6.45) is -0.159. The Bertz CT molecular complexity index is 522. The number of aryl methyl sites for hydroxylation is 2. The van der Waals surface area contributed by atoms with Crippen LogP contribution in [0.4, 0.5) is 13.2 Å². The van der Waals surface area contributed by atoms with Crippen LogP contribution in [0.5, 0.6) is 0 Å². The normalized spacial score (nSPS) is 13.5. The molecule has 0 aliphatic rings. The minimum Gasteiger partial charge on any atom is -0.379 e. The standard InChI is InChI=1S/C13H13F3N2O/c14-13(15,16)12(19)11-4-7-18(9-11)6-3-10-2-1-5-17-8-10/h1-2,4-5,7-9,12,19H,3,6H2. The lowest BCUT2D eigenvalue weighted by molar-refractivity contribution is -0.206. The highest BCUT2D eigenvalue weighted by atomic mass is 19.4. The predicted molar refractivity (Wildman–Crippen MR) is 63.4 cm³/mol. The van der Waals surface area contributed by atoms with Gasteiger partial charge in [-0.15, -0.1) is 0 Å². The molecule has 1 unspecified atom stereocenters. The Balaban J connectivity index is 1.98. The van der Waals surface area contributed by atoms with Crippen molar-refractivity contribution < 1.29 is 18.3 Å². The van der Waals surface area contributed by atoms with Crippen LogP contribution in [0.3, 0.4) is 0 Å². The number of pyridine rings is 1. The number of alkyl halides is 3. The molecule has 2 aromatic rings. The summed E-state index contributed by atoms with van der Waals surface area (Å²) in [5.41, 5.74) is 0.868. The Morgan fingerprint density at radius 1 is 1.32 bits per heavy atom. The van der Waals surface area contributed by atoms with Crippen molar-refractivity contribution >= 4 is 0 Å². The summed E-state index contributed by atoms with van der Waals surface area (Å²) in [4.78, 5) is 3.96. The number of nitrogens with zero attached hydrogens (tertiary/aromatic N) is 2. The summed E-state index contributed by atoms with van der Waals surface area (Å²) in [5, 5.41) is 9.11. The summed E-state index contributed by atoms with van der Waals surface area (Å²) < 4.78 is 38.6. The summed E-state index contributed by atoms with van der Waals surface area (Å²) in [7, 11) is 0. The molecule has 0 radical (unpaired) electrons. The summed E-state index contributed by atoms with van der Waals surface area (Å²) in [6, 6.07) is 4.99. The molecule has 2 heterocycles. The van der Waals surface area contributed by atoms with Gasteiger partial charge in [-0.05, 0) is 24.1 Å². The van der Waals surface area contributed by atoms with Gasteiger partial charge in [-0.1, -0.05) is 6.07 Å². The van der Waals surface area contributed by atoms with Crippen molar-refractivity contribution in [2.75, 3.05) is 0 Å². The lowest BCUT2D eigenvalue weighted by Crippen LogP contribution is -2.19. The van der Waals surface area contributed by atoms with Gasteiger partial charge in [0.1, 0.15) is 0 Å². The number of aliphatic hydroxyl groups excluding tert-OH is 1. The summed E-state index contributed by atoms with van der Waals surface area (Å²) >= 11 is 0. The van der Waals surface area contributed by atoms with Gasteiger partial charge in [0.25, 0.3) is 0 Å². The van der Waals surface area contributed by atoms with Gasteiger partial charge < -0.3 is 9.67 Å². The van der Waals surface area contributed by atoms with Crippen LogP contribution in [0.1, 0.15) is 17.2 Å². The Kier molecular flexibility index (Phi) is 3.90. The third kappa shape index (κ3) is 3.57. The number of aliphatic hydroxyl groups is 1. The maximum Gasteiger partial charge on any atom is 0.418 e. The number of halogens is 3. The van der Waals surface area contributed by atoms with Gasteiger partial charge >= 0.3 is 6.18 Å². The quantitative estimate of drug-likeness (QED) is 0.927. The molecule has 1 N–H and O–H groups in total. The second-order valence-electron chi connectivity index (χ2n) is 4.24. The highest BCUT2D eigenvalue weighted by Gasteiger charge is 2.39. The first-order valence-electron chi connectivity index (χ1n) is 5.76. The highest BCUT2D eigenvalue weighted by Crippen LogP contribution is 2.32. The fourth-order valence-electron chi connectivity index (χ4n) is 1.75. The van der Waals surface area contributed by atoms with E-state index >= 15 is 0 Å². The third-order valence-electron chi connectivity index (χ3n) is 2.78. The average molecular weight is 270 g/mol. The molecule has 0 aromatic carbocycles. The Labute approximate surface area is 108 Å². The molecule has 0 bridgehead atoms. The first-order valence-corrected chi connectivity index (χ1v) is 5.76. The van der Waals surface area contributed by atoms with E-state index in [-0.39, 0.29) is 5.56 Å². The SMILES string of the molecule is OC(c1ccn(CCc2cccnc2)c1)C(F)(F)F. The van der Waals surface area contributed by atoms with E-state index in [0.717, 1.165) is 5.56 Å². The monoisotopic (exact) mass is 270 g/mol. The lowest BCUT2D eigenvalue weighted by atomic mass is 10.2. The molecular formula is C13H13F3N2O. The zero-order valence-corrected chi connectivity index (χ0v) is 10.0. The number of hydrogen-bond donors (Lipinski definition) is 1. The smallest absolute Gasteiger partial charge is 0.379 e. The molecular weight excluding hydrogens is 257 g/mol. The van der Waals surface area contributed by atoms with E-state index in [2.05, 4.69) is 4.98 Å². The summed E-state index contributed by atoms with van der Waals surface area (Å²) in [6.45, 7) is 0.538. The molecule has 0 aliphatic heterocycles. The molecule has 1 atom stereocenters. The van der Waals surface area contributed by atoms with Crippen LogP contribution in [0.15, 0.2) is 43.0 Å². The molecule has 0 fully saturated rings. The molecule has 0 saturated heterocycles. The van der Waals surface area contributed by atoms with Gasteiger partial charge in [-0.25, -0.2) is 0 Å². The van der Waals surface area contributed by atoms with Gasteiger partial charge in [0.2, 0.25) is 0 Å². The van der Waals surface area contributed by atoms with E-state index in [1.54, 1.807) is 17.0 Å². The van der Waals surface area contributed by atoms with E-state index in [4.69, 9.17) is 5.11 Å². The van der Waals surface area contributed by atoms with Gasteiger partial charge in [0, 0.05) is 36.9 Å². The van der Waals surface area contributed by atoms with Crippen LogP contribution in [0.25, 0.3) is 0 Å². The number of rotatable bonds is 4. The zero-order chi connectivity index (χ0) is 13.9. The fraction of sp³-hybridized carbons (Fsp3) is 0.308. The second kappa shape index (κ2) is 5.44. The van der Waals surface area contributed by atoms with Crippen molar-refractivity contribution in [1.82, 2.24) is 9.55 Å². The van der Waals surface area contributed by atoms with Crippen molar-refractivity contribution in [2.45, 2.75) is 25.2 Å². The molecule has 6 heteroatoms. The maximum atomic E-state index is 12.3. The van der Waals surface area contributed by atoms with Crippen LogP contribution in [0.2, 0.25) is 0 Å². The number of aromatic nitrogens is 2. The highest BCUT2D eigenvalue weighted by molar-refractivity contribution is 5.15. The van der Waals surface area contributed by atoms with Crippen molar-refractivity contribution in [1.29, 1.82) is 0 Å². The minimum atomic E-state index is -4.63. The molecule has 0 saturated carbocycles. The second-order valence-corrected chi connectivity index (χ2v) is 4.24. The van der Waals surface area contributed by atoms with Crippen LogP contribution >= 0.6 is 0 Å². The molecule has 0 aliphatic carbocycles. The van der Waals surface area contributed by atoms with Crippen molar-refractivity contribution in [2.24, 2.45) is 0 Å². The molecule has 0 amide bonds. The van der Waals surface area contributed by atoms with E-state index in [9.17, 15) is 13.2 Å². The first kappa shape index (κ1) is 13.6. The Hall–Kier alpha value is -1.82. The van der Waals surface area contributed by atoms with Gasteiger partial charge in [0.05, 0.1) is 0 Å². The largest absolute Gasteiger partial charge is 0.418 e. The first-order chi connectivity index (χ1) is 8.97. The fourth-order valence-corrected chi connectivity index (χ4v) is 1.75. The molecule has 3 nitrogen and oxygen atoms in total. The Morgan fingerprint density at radius 3 is 2.74 bits per heavy atom. The minimum absolute atomic E-state index is 0.140. The predicted octanol–water partition coefficient (Wildman–Crippen LogP) is 2.72. The van der Waals surface area contributed by atoms with Crippen molar-refractivity contribution in [3.63, 3.8) is 0 Å². The molecule has 2 aromatic heterocycles. The van der Waals surface area contributed by atoms with Crippen LogP contribution < -0.4 is 0 Å². The third-order valence-corrected chi connectivity index (χ3v) is 2.78. The van der Waals surface area contributed by atoms with Crippen LogP contribution in [-0.2, 0) is 13.0 Å². The van der Waals surface area contributed by atoms with E-state index in [1.807, 2.05) is 12.1 Å². The van der Waals surface area contributed by atoms with Gasteiger partial charge in [-0.2, -0.15) is 13.2 Å². The summed E-state index contributed by atoms with van der Waals surface area (Å²) in [5.74, 6) is 0. The molecule has 102 valence electrons. The van der Waals surface area contributed by atoms with E-state index in [1.165, 1.54) is 18.5 Å². The topological polar surface area (TPSA) is 38.0 Å². The average Bonchev–Trinajstić information content (AvgIpc) is 2.84. The molecule has 0 spiro atoms. The lowest BCUT2D eigenvalue weighted by Gasteiger charge is -2.12. The number of hydrogen-bond acceptors (Lipinski definition) is 2. The van der Waals surface area contributed by atoms with E-state index < -0.39 is 12.3 Å². The van der Waals surface area contributed by atoms with Crippen molar-refractivity contribution in [3.05, 3.63) is 54.1 Å².